The van der Waals surface area contributed by atoms with Crippen LogP contribution in [-0.2, 0) is 4.79 Å². The van der Waals surface area contributed by atoms with Crippen LogP contribution in [0.15, 0.2) is 11.8 Å². The number of hydrogen-bond acceptors (Lipinski definition) is 3. The average molecular weight is 214 g/mol. The van der Waals surface area contributed by atoms with Gasteiger partial charge in [0, 0.05) is 11.7 Å². The molecule has 2 atom stereocenters. The molecule has 0 saturated heterocycles. The van der Waals surface area contributed by atoms with E-state index in [1.165, 1.54) is 0 Å². The predicted octanol–water partition coefficient (Wildman–Crippen LogP) is 2.94. The van der Waals surface area contributed by atoms with Crippen LogP contribution < -0.4 is 0 Å². The Morgan fingerprint density at radius 3 is 2.86 bits per heavy atom. The van der Waals surface area contributed by atoms with Crippen LogP contribution in [0.5, 0.6) is 0 Å². The molecular formula is C11H18O2S. The maximum Gasteiger partial charge on any atom is 0.144 e. The van der Waals surface area contributed by atoms with Crippen molar-refractivity contribution < 1.29 is 9.90 Å². The molecule has 1 rings (SSSR count). The molecule has 1 N–H and O–H groups in total. The Balaban J connectivity index is 2.75. The maximum absolute atomic E-state index is 11.7. The van der Waals surface area contributed by atoms with Gasteiger partial charge in [0.1, 0.15) is 5.78 Å². The molecule has 0 heterocycles. The number of carbonyl (C=O) groups is 1. The van der Waals surface area contributed by atoms with Crippen molar-refractivity contribution in [3.8, 4) is 0 Å². The van der Waals surface area contributed by atoms with Crippen LogP contribution in [-0.4, -0.2) is 21.9 Å². The lowest BCUT2D eigenvalue weighted by atomic mass is 9.88. The first-order valence-electron chi connectivity index (χ1n) is 5.24. The van der Waals surface area contributed by atoms with Crippen molar-refractivity contribution in [3.05, 3.63) is 11.8 Å². The first-order valence-corrected chi connectivity index (χ1v) is 6.28. The van der Waals surface area contributed by atoms with Gasteiger partial charge in [0.05, 0.1) is 11.7 Å². The second-order valence-corrected chi connectivity index (χ2v) is 5.03. The number of ketones is 1. The number of thioether (sulfide) groups is 1. The minimum Gasteiger partial charge on any atom is -0.512 e. The van der Waals surface area contributed by atoms with E-state index in [1.807, 2.05) is 0 Å². The number of hydrogen-bond donors (Lipinski definition) is 1. The lowest BCUT2D eigenvalue weighted by Crippen LogP contribution is -2.30. The predicted molar refractivity (Wildman–Crippen MR) is 60.7 cm³/mol. The number of aliphatic hydroxyl groups excluding tert-OH is 1. The zero-order chi connectivity index (χ0) is 10.6. The Kier molecular flexibility index (Phi) is 4.52. The van der Waals surface area contributed by atoms with E-state index in [2.05, 4.69) is 13.8 Å². The Hall–Kier alpha value is -0.440. The molecule has 1 aliphatic rings. The van der Waals surface area contributed by atoms with Crippen molar-refractivity contribution >= 4 is 17.5 Å². The summed E-state index contributed by atoms with van der Waals surface area (Å²) < 4.78 is 0. The van der Waals surface area contributed by atoms with E-state index in [1.54, 1.807) is 17.8 Å². The molecular weight excluding hydrogens is 196 g/mol. The molecule has 2 unspecified atom stereocenters. The van der Waals surface area contributed by atoms with Gasteiger partial charge in [-0.05, 0) is 24.7 Å². The van der Waals surface area contributed by atoms with E-state index in [0.717, 1.165) is 12.2 Å². The second-order valence-electron chi connectivity index (χ2n) is 3.51. The third kappa shape index (κ3) is 2.53. The fraction of sp³-hybridized carbons (Fsp3) is 0.727. The molecule has 0 fully saturated rings. The summed E-state index contributed by atoms with van der Waals surface area (Å²) in [5, 5.41) is 9.95. The third-order valence-corrected chi connectivity index (χ3v) is 3.93. The van der Waals surface area contributed by atoms with Crippen LogP contribution in [0.2, 0.25) is 0 Å². The standard InChI is InChI=1S/C11H18O2S/c1-3-10(14-4-2)11-8(12)6-5-7-9(11)13/h6,10-12H,3-5,7H2,1-2H3. The highest BCUT2D eigenvalue weighted by molar-refractivity contribution is 7.99. The van der Waals surface area contributed by atoms with Gasteiger partial charge in [0.2, 0.25) is 0 Å². The van der Waals surface area contributed by atoms with E-state index in [4.69, 9.17) is 0 Å². The topological polar surface area (TPSA) is 37.3 Å². The van der Waals surface area contributed by atoms with Crippen LogP contribution in [0.4, 0.5) is 0 Å². The van der Waals surface area contributed by atoms with Gasteiger partial charge in [0.25, 0.3) is 0 Å². The van der Waals surface area contributed by atoms with Crippen LogP contribution >= 0.6 is 11.8 Å². The van der Waals surface area contributed by atoms with E-state index in [0.29, 0.717) is 18.6 Å². The van der Waals surface area contributed by atoms with Crippen LogP contribution in [0.1, 0.15) is 33.1 Å². The van der Waals surface area contributed by atoms with Crippen LogP contribution in [0, 0.1) is 5.92 Å². The Bertz CT molecular complexity index is 235. The highest BCUT2D eigenvalue weighted by Crippen LogP contribution is 2.31. The lowest BCUT2D eigenvalue weighted by Gasteiger charge is -2.26. The highest BCUT2D eigenvalue weighted by Gasteiger charge is 2.32. The molecule has 0 saturated carbocycles. The zero-order valence-electron chi connectivity index (χ0n) is 8.82. The van der Waals surface area contributed by atoms with Gasteiger partial charge < -0.3 is 5.11 Å². The number of carbonyl (C=O) groups excluding carboxylic acids is 1. The van der Waals surface area contributed by atoms with Gasteiger partial charge in [-0.2, -0.15) is 11.8 Å². The minimum atomic E-state index is -0.237. The molecule has 80 valence electrons. The van der Waals surface area contributed by atoms with E-state index in [9.17, 15) is 9.90 Å². The normalized spacial score (nSPS) is 24.6. The third-order valence-electron chi connectivity index (χ3n) is 2.56. The van der Waals surface area contributed by atoms with Crippen molar-refractivity contribution in [1.29, 1.82) is 0 Å². The van der Waals surface area contributed by atoms with Crippen molar-refractivity contribution in [2.75, 3.05) is 5.75 Å². The molecule has 0 aromatic heterocycles. The summed E-state index contributed by atoms with van der Waals surface area (Å²) in [7, 11) is 0. The quantitative estimate of drug-likeness (QED) is 0.781. The molecule has 0 amide bonds. The molecule has 0 radical (unpaired) electrons. The van der Waals surface area contributed by atoms with Crippen molar-refractivity contribution in [2.24, 2.45) is 5.92 Å². The summed E-state index contributed by atoms with van der Waals surface area (Å²) in [6.45, 7) is 4.16. The first kappa shape index (κ1) is 11.6. The lowest BCUT2D eigenvalue weighted by molar-refractivity contribution is -0.123. The Morgan fingerprint density at radius 1 is 1.64 bits per heavy atom. The summed E-state index contributed by atoms with van der Waals surface area (Å²) in [5.74, 6) is 1.26. The fourth-order valence-corrected chi connectivity index (χ4v) is 3.02. The van der Waals surface area contributed by atoms with Gasteiger partial charge >= 0.3 is 0 Å². The summed E-state index contributed by atoms with van der Waals surface area (Å²) in [5.41, 5.74) is 0. The zero-order valence-corrected chi connectivity index (χ0v) is 9.64. The molecule has 0 bridgehead atoms. The number of aliphatic hydroxyl groups is 1. The van der Waals surface area contributed by atoms with E-state index in [-0.39, 0.29) is 17.0 Å². The first-order chi connectivity index (χ1) is 6.70. The molecule has 0 aliphatic heterocycles. The van der Waals surface area contributed by atoms with Crippen molar-refractivity contribution in [1.82, 2.24) is 0 Å². The van der Waals surface area contributed by atoms with Gasteiger partial charge in [0.15, 0.2) is 0 Å². The van der Waals surface area contributed by atoms with Gasteiger partial charge in [-0.25, -0.2) is 0 Å². The van der Waals surface area contributed by atoms with Crippen molar-refractivity contribution in [2.45, 2.75) is 38.4 Å². The maximum atomic E-state index is 11.7. The van der Waals surface area contributed by atoms with Gasteiger partial charge in [-0.15, -0.1) is 0 Å². The molecule has 0 aromatic carbocycles. The summed E-state index contributed by atoms with van der Waals surface area (Å²) >= 11 is 1.77. The number of rotatable bonds is 4. The Morgan fingerprint density at radius 2 is 2.36 bits per heavy atom. The summed E-state index contributed by atoms with van der Waals surface area (Å²) in [6.07, 6.45) is 4.03. The fourth-order valence-electron chi connectivity index (χ4n) is 1.87. The van der Waals surface area contributed by atoms with Gasteiger partial charge in [-0.1, -0.05) is 13.8 Å². The summed E-state index contributed by atoms with van der Waals surface area (Å²) in [4.78, 5) is 11.7. The van der Waals surface area contributed by atoms with E-state index >= 15 is 0 Å². The van der Waals surface area contributed by atoms with Crippen LogP contribution in [0.3, 0.4) is 0 Å². The molecule has 0 spiro atoms. The second kappa shape index (κ2) is 5.44. The smallest absolute Gasteiger partial charge is 0.144 e. The van der Waals surface area contributed by atoms with E-state index < -0.39 is 0 Å². The van der Waals surface area contributed by atoms with Gasteiger partial charge in [-0.3, -0.25) is 4.79 Å². The highest BCUT2D eigenvalue weighted by atomic mass is 32.2. The molecule has 3 heteroatoms. The molecule has 2 nitrogen and oxygen atoms in total. The molecule has 0 aromatic rings. The Labute approximate surface area is 89.8 Å². The minimum absolute atomic E-state index is 0.206. The van der Waals surface area contributed by atoms with Crippen LogP contribution in [0.25, 0.3) is 0 Å². The average Bonchev–Trinajstić information content (AvgIpc) is 2.16. The monoisotopic (exact) mass is 214 g/mol. The van der Waals surface area contributed by atoms with Crippen molar-refractivity contribution in [3.63, 3.8) is 0 Å². The molecule has 1 aliphatic carbocycles. The summed E-state index contributed by atoms with van der Waals surface area (Å²) in [6, 6.07) is 0. The SMILES string of the molecule is CCSC(CC)C1C(=O)CCC=C1O. The molecule has 14 heavy (non-hydrogen) atoms. The number of Topliss-reactive ketones (excluding diaryl/α,β-unsaturated/α-hetero) is 1. The number of allylic oxidation sites excluding steroid dienone is 2. The largest absolute Gasteiger partial charge is 0.512 e.